The van der Waals surface area contributed by atoms with Crippen LogP contribution in [0.3, 0.4) is 0 Å². The topological polar surface area (TPSA) is 61.9 Å². The van der Waals surface area contributed by atoms with Gasteiger partial charge in [-0.15, -0.1) is 0 Å². The van der Waals surface area contributed by atoms with Gasteiger partial charge in [-0.2, -0.15) is 0 Å². The number of rotatable bonds is 6. The Hall–Kier alpha value is -3.22. The van der Waals surface area contributed by atoms with Gasteiger partial charge in [-0.05, 0) is 73.7 Å². The van der Waals surface area contributed by atoms with Crippen LogP contribution in [0.2, 0.25) is 10.0 Å². The Bertz CT molecular complexity index is 1160. The second-order valence-corrected chi connectivity index (χ2v) is 8.71. The molecule has 3 aromatic carbocycles. The van der Waals surface area contributed by atoms with Crippen molar-refractivity contribution < 1.29 is 14.3 Å². The summed E-state index contributed by atoms with van der Waals surface area (Å²) < 4.78 is 5.41. The normalized spacial score (nSPS) is 13.5. The molecule has 1 fully saturated rings. The standard InChI is InChI=1S/C26H25Cl2N3O3/c1-2-34-24-12-5-19(17-23(24)28)25(32)29-21-8-10-22(11-9-21)30-13-15-31(16-14-30)26(33)18-3-6-20(27)7-4-18/h3-12,17H,2,13-16H2,1H3,(H,29,32). The first-order valence-electron chi connectivity index (χ1n) is 11.1. The number of nitrogens with one attached hydrogen (secondary N) is 1. The second-order valence-electron chi connectivity index (χ2n) is 7.87. The molecule has 0 spiro atoms. The molecule has 8 heteroatoms. The highest BCUT2D eigenvalue weighted by atomic mass is 35.5. The third-order valence-corrected chi connectivity index (χ3v) is 6.19. The summed E-state index contributed by atoms with van der Waals surface area (Å²) in [5.74, 6) is 0.329. The molecule has 1 aliphatic rings. The van der Waals surface area contributed by atoms with Gasteiger partial charge in [0.15, 0.2) is 0 Å². The van der Waals surface area contributed by atoms with E-state index in [1.807, 2.05) is 36.1 Å². The number of carbonyl (C=O) groups is 2. The number of ether oxygens (including phenoxy) is 1. The van der Waals surface area contributed by atoms with Crippen LogP contribution in [0.1, 0.15) is 27.6 Å². The lowest BCUT2D eigenvalue weighted by Crippen LogP contribution is -2.48. The Kier molecular flexibility index (Phi) is 7.60. The molecule has 0 aromatic heterocycles. The monoisotopic (exact) mass is 497 g/mol. The molecule has 176 valence electrons. The zero-order valence-corrected chi connectivity index (χ0v) is 20.3. The number of nitrogens with zero attached hydrogens (tertiary/aromatic N) is 2. The van der Waals surface area contributed by atoms with Crippen molar-refractivity contribution in [3.05, 3.63) is 87.9 Å². The van der Waals surface area contributed by atoms with Crippen LogP contribution in [0.5, 0.6) is 5.75 Å². The van der Waals surface area contributed by atoms with Crippen LogP contribution >= 0.6 is 23.2 Å². The number of amides is 2. The summed E-state index contributed by atoms with van der Waals surface area (Å²) in [5.41, 5.74) is 2.83. The van der Waals surface area contributed by atoms with E-state index in [0.29, 0.717) is 52.3 Å². The van der Waals surface area contributed by atoms with E-state index < -0.39 is 0 Å². The van der Waals surface area contributed by atoms with E-state index in [2.05, 4.69) is 10.2 Å². The summed E-state index contributed by atoms with van der Waals surface area (Å²) in [6.07, 6.45) is 0. The highest BCUT2D eigenvalue weighted by Crippen LogP contribution is 2.26. The van der Waals surface area contributed by atoms with Crippen LogP contribution < -0.4 is 15.0 Å². The average Bonchev–Trinajstić information content (AvgIpc) is 2.86. The van der Waals surface area contributed by atoms with Crippen molar-refractivity contribution in [1.29, 1.82) is 0 Å². The fraction of sp³-hybridized carbons (Fsp3) is 0.231. The third-order valence-electron chi connectivity index (χ3n) is 5.64. The minimum atomic E-state index is -0.243. The largest absolute Gasteiger partial charge is 0.492 e. The summed E-state index contributed by atoms with van der Waals surface area (Å²) >= 11 is 12.1. The summed E-state index contributed by atoms with van der Waals surface area (Å²) in [6, 6.07) is 19.6. The van der Waals surface area contributed by atoms with Gasteiger partial charge < -0.3 is 19.9 Å². The van der Waals surface area contributed by atoms with E-state index in [1.54, 1.807) is 42.5 Å². The summed E-state index contributed by atoms with van der Waals surface area (Å²) in [5, 5.41) is 3.91. The molecule has 3 aromatic rings. The van der Waals surface area contributed by atoms with Gasteiger partial charge in [0.25, 0.3) is 11.8 Å². The molecule has 34 heavy (non-hydrogen) atoms. The molecule has 1 aliphatic heterocycles. The fourth-order valence-corrected chi connectivity index (χ4v) is 4.18. The molecule has 4 rings (SSSR count). The van der Waals surface area contributed by atoms with Gasteiger partial charge in [-0.1, -0.05) is 23.2 Å². The molecule has 0 aliphatic carbocycles. The molecule has 0 atom stereocenters. The van der Waals surface area contributed by atoms with Crippen molar-refractivity contribution in [2.75, 3.05) is 43.0 Å². The van der Waals surface area contributed by atoms with Crippen LogP contribution in [-0.4, -0.2) is 49.5 Å². The number of hydrogen-bond donors (Lipinski definition) is 1. The zero-order valence-electron chi connectivity index (χ0n) is 18.8. The van der Waals surface area contributed by atoms with Gasteiger partial charge in [-0.3, -0.25) is 9.59 Å². The van der Waals surface area contributed by atoms with Gasteiger partial charge >= 0.3 is 0 Å². The van der Waals surface area contributed by atoms with Crippen LogP contribution in [0.4, 0.5) is 11.4 Å². The maximum Gasteiger partial charge on any atom is 0.255 e. The molecule has 0 saturated carbocycles. The van der Waals surface area contributed by atoms with E-state index >= 15 is 0 Å². The maximum atomic E-state index is 12.7. The number of halogens is 2. The maximum absolute atomic E-state index is 12.7. The Balaban J connectivity index is 1.32. The van der Waals surface area contributed by atoms with Crippen molar-refractivity contribution in [2.45, 2.75) is 6.92 Å². The van der Waals surface area contributed by atoms with E-state index in [4.69, 9.17) is 27.9 Å². The van der Waals surface area contributed by atoms with E-state index in [9.17, 15) is 9.59 Å². The Morgan fingerprint density at radius 3 is 2.15 bits per heavy atom. The van der Waals surface area contributed by atoms with Crippen molar-refractivity contribution in [3.63, 3.8) is 0 Å². The lowest BCUT2D eigenvalue weighted by Gasteiger charge is -2.36. The zero-order chi connectivity index (χ0) is 24.1. The smallest absolute Gasteiger partial charge is 0.255 e. The lowest BCUT2D eigenvalue weighted by atomic mass is 10.1. The summed E-state index contributed by atoms with van der Waals surface area (Å²) in [4.78, 5) is 29.4. The first-order chi connectivity index (χ1) is 16.4. The summed E-state index contributed by atoms with van der Waals surface area (Å²) in [6.45, 7) is 5.12. The molecular formula is C26H25Cl2N3O3. The third kappa shape index (κ3) is 5.64. The van der Waals surface area contributed by atoms with Gasteiger partial charge in [0, 0.05) is 53.7 Å². The number of benzene rings is 3. The van der Waals surface area contributed by atoms with Gasteiger partial charge in [0.05, 0.1) is 11.6 Å². The lowest BCUT2D eigenvalue weighted by molar-refractivity contribution is 0.0746. The fourth-order valence-electron chi connectivity index (χ4n) is 3.82. The molecule has 1 N–H and O–H groups in total. The van der Waals surface area contributed by atoms with Crippen LogP contribution in [0.25, 0.3) is 0 Å². The molecule has 0 radical (unpaired) electrons. The molecular weight excluding hydrogens is 473 g/mol. The molecule has 0 unspecified atom stereocenters. The predicted octanol–water partition coefficient (Wildman–Crippen LogP) is 5.61. The first kappa shape index (κ1) is 23.9. The molecule has 0 bridgehead atoms. The highest BCUT2D eigenvalue weighted by molar-refractivity contribution is 6.32. The number of anilines is 2. The molecule has 6 nitrogen and oxygen atoms in total. The van der Waals surface area contributed by atoms with Gasteiger partial charge in [0.1, 0.15) is 5.75 Å². The second kappa shape index (κ2) is 10.8. The van der Waals surface area contributed by atoms with Crippen LogP contribution in [-0.2, 0) is 0 Å². The van der Waals surface area contributed by atoms with Gasteiger partial charge in [0.2, 0.25) is 0 Å². The minimum Gasteiger partial charge on any atom is -0.492 e. The summed E-state index contributed by atoms with van der Waals surface area (Å²) in [7, 11) is 0. The Morgan fingerprint density at radius 1 is 0.882 bits per heavy atom. The van der Waals surface area contributed by atoms with Gasteiger partial charge in [-0.25, -0.2) is 0 Å². The van der Waals surface area contributed by atoms with Crippen LogP contribution in [0, 0.1) is 0 Å². The van der Waals surface area contributed by atoms with Crippen molar-refractivity contribution in [2.24, 2.45) is 0 Å². The molecule has 1 heterocycles. The quantitative estimate of drug-likeness (QED) is 0.480. The van der Waals surface area contributed by atoms with Crippen molar-refractivity contribution in [3.8, 4) is 5.75 Å². The average molecular weight is 498 g/mol. The van der Waals surface area contributed by atoms with E-state index in [1.165, 1.54) is 0 Å². The van der Waals surface area contributed by atoms with E-state index in [-0.39, 0.29) is 11.8 Å². The highest BCUT2D eigenvalue weighted by Gasteiger charge is 2.22. The van der Waals surface area contributed by atoms with Crippen molar-refractivity contribution in [1.82, 2.24) is 4.90 Å². The Labute approximate surface area is 209 Å². The number of carbonyl (C=O) groups excluding carboxylic acids is 2. The number of piperazine rings is 1. The SMILES string of the molecule is CCOc1ccc(C(=O)Nc2ccc(N3CCN(C(=O)c4ccc(Cl)cc4)CC3)cc2)cc1Cl. The first-order valence-corrected chi connectivity index (χ1v) is 11.8. The Morgan fingerprint density at radius 2 is 1.53 bits per heavy atom. The predicted molar refractivity (Wildman–Crippen MR) is 137 cm³/mol. The van der Waals surface area contributed by atoms with E-state index in [0.717, 1.165) is 18.8 Å². The molecule has 1 saturated heterocycles. The number of hydrogen-bond acceptors (Lipinski definition) is 4. The van der Waals surface area contributed by atoms with Crippen LogP contribution in [0.15, 0.2) is 66.7 Å². The van der Waals surface area contributed by atoms with Crippen molar-refractivity contribution >= 4 is 46.4 Å². The molecule has 2 amide bonds. The minimum absolute atomic E-state index is 0.0174.